The van der Waals surface area contributed by atoms with E-state index in [-0.39, 0.29) is 4.90 Å². The Morgan fingerprint density at radius 1 is 1.00 bits per heavy atom. The molecule has 0 atom stereocenters. The Hall–Kier alpha value is -2.80. The fourth-order valence-electron chi connectivity index (χ4n) is 2.04. The third-order valence-electron chi connectivity index (χ3n) is 3.14. The van der Waals surface area contributed by atoms with Gasteiger partial charge in [-0.25, -0.2) is 8.42 Å². The van der Waals surface area contributed by atoms with Crippen molar-refractivity contribution in [1.82, 2.24) is 10.2 Å². The second-order valence-corrected chi connectivity index (χ2v) is 6.38. The van der Waals surface area contributed by atoms with Gasteiger partial charge in [0.25, 0.3) is 10.0 Å². The standard InChI is InChI=1S/C15H14N4O2S/c16-12-6-8-13(9-7-12)22(20,21)19-14-10-17-18-15(14)11-4-2-1-3-5-11/h1-10,19H,16H2,(H,17,18). The predicted molar refractivity (Wildman–Crippen MR) is 85.7 cm³/mol. The zero-order chi connectivity index (χ0) is 15.6. The zero-order valence-electron chi connectivity index (χ0n) is 11.5. The molecule has 0 fully saturated rings. The topological polar surface area (TPSA) is 101 Å². The number of nitrogens with two attached hydrogens (primary N) is 1. The smallest absolute Gasteiger partial charge is 0.262 e. The summed E-state index contributed by atoms with van der Waals surface area (Å²) in [7, 11) is -3.70. The molecule has 0 aliphatic carbocycles. The molecule has 7 heteroatoms. The molecule has 0 saturated heterocycles. The first-order chi connectivity index (χ1) is 10.6. The van der Waals surface area contributed by atoms with Crippen LogP contribution in [0.5, 0.6) is 0 Å². The molecule has 0 radical (unpaired) electrons. The van der Waals surface area contributed by atoms with Crippen molar-refractivity contribution >= 4 is 21.4 Å². The molecular formula is C15H14N4O2S. The van der Waals surface area contributed by atoms with Gasteiger partial charge in [-0.15, -0.1) is 0 Å². The van der Waals surface area contributed by atoms with E-state index in [1.165, 1.54) is 18.3 Å². The lowest BCUT2D eigenvalue weighted by Gasteiger charge is -2.08. The molecule has 22 heavy (non-hydrogen) atoms. The van der Waals surface area contributed by atoms with Crippen LogP contribution >= 0.6 is 0 Å². The highest BCUT2D eigenvalue weighted by atomic mass is 32.2. The van der Waals surface area contributed by atoms with E-state index in [9.17, 15) is 8.42 Å². The summed E-state index contributed by atoms with van der Waals surface area (Å²) >= 11 is 0. The highest BCUT2D eigenvalue weighted by Gasteiger charge is 2.17. The van der Waals surface area contributed by atoms with Gasteiger partial charge in [0.05, 0.1) is 22.5 Å². The first-order valence-corrected chi connectivity index (χ1v) is 8.02. The highest BCUT2D eigenvalue weighted by molar-refractivity contribution is 7.92. The molecule has 0 amide bonds. The van der Waals surface area contributed by atoms with Gasteiger partial charge in [-0.2, -0.15) is 5.10 Å². The maximum absolute atomic E-state index is 12.4. The number of hydrogen-bond acceptors (Lipinski definition) is 4. The number of rotatable bonds is 4. The van der Waals surface area contributed by atoms with Crippen LogP contribution in [0.1, 0.15) is 0 Å². The third-order valence-corrected chi connectivity index (χ3v) is 4.52. The van der Waals surface area contributed by atoms with Gasteiger partial charge in [0.2, 0.25) is 0 Å². The van der Waals surface area contributed by atoms with Gasteiger partial charge in [-0.1, -0.05) is 30.3 Å². The van der Waals surface area contributed by atoms with Crippen molar-refractivity contribution in [2.45, 2.75) is 4.90 Å². The SMILES string of the molecule is Nc1ccc(S(=O)(=O)Nc2cn[nH]c2-c2ccccc2)cc1. The van der Waals surface area contributed by atoms with E-state index >= 15 is 0 Å². The van der Waals surface area contributed by atoms with E-state index in [1.54, 1.807) is 12.1 Å². The predicted octanol–water partition coefficient (Wildman–Crippen LogP) is 2.46. The second kappa shape index (κ2) is 5.53. The quantitative estimate of drug-likeness (QED) is 0.644. The molecule has 1 aromatic heterocycles. The van der Waals surface area contributed by atoms with Crippen LogP contribution < -0.4 is 10.5 Å². The Kier molecular flexibility index (Phi) is 3.56. The second-order valence-electron chi connectivity index (χ2n) is 4.70. The molecular weight excluding hydrogens is 300 g/mol. The minimum absolute atomic E-state index is 0.141. The van der Waals surface area contributed by atoms with Crippen molar-refractivity contribution in [2.24, 2.45) is 0 Å². The van der Waals surface area contributed by atoms with Crippen molar-refractivity contribution in [2.75, 3.05) is 10.5 Å². The average molecular weight is 314 g/mol. The molecule has 0 spiro atoms. The lowest BCUT2D eigenvalue weighted by Crippen LogP contribution is -2.13. The third kappa shape index (κ3) is 2.79. The number of sulfonamides is 1. The van der Waals surface area contributed by atoms with Gasteiger partial charge < -0.3 is 5.73 Å². The number of nitrogen functional groups attached to an aromatic ring is 1. The normalized spacial score (nSPS) is 11.3. The van der Waals surface area contributed by atoms with Gasteiger partial charge >= 0.3 is 0 Å². The number of anilines is 2. The van der Waals surface area contributed by atoms with Gasteiger partial charge in [0.1, 0.15) is 0 Å². The molecule has 112 valence electrons. The fraction of sp³-hybridized carbons (Fsp3) is 0. The molecule has 0 saturated carbocycles. The molecule has 3 aromatic rings. The lowest BCUT2D eigenvalue weighted by molar-refractivity contribution is 0.601. The van der Waals surface area contributed by atoms with E-state index in [2.05, 4.69) is 14.9 Å². The van der Waals surface area contributed by atoms with Crippen LogP contribution in [-0.2, 0) is 10.0 Å². The molecule has 0 aliphatic heterocycles. The summed E-state index contributed by atoms with van der Waals surface area (Å²) in [6.45, 7) is 0. The zero-order valence-corrected chi connectivity index (χ0v) is 12.3. The van der Waals surface area contributed by atoms with Gasteiger partial charge in [-0.05, 0) is 24.3 Å². The van der Waals surface area contributed by atoms with E-state index in [4.69, 9.17) is 5.73 Å². The van der Waals surface area contributed by atoms with Crippen molar-refractivity contribution < 1.29 is 8.42 Å². The molecule has 0 bridgehead atoms. The van der Waals surface area contributed by atoms with Crippen molar-refractivity contribution in [3.8, 4) is 11.3 Å². The van der Waals surface area contributed by atoms with E-state index in [1.807, 2.05) is 30.3 Å². The molecule has 0 unspecified atom stereocenters. The largest absolute Gasteiger partial charge is 0.399 e. The van der Waals surface area contributed by atoms with E-state index in [0.29, 0.717) is 17.1 Å². The summed E-state index contributed by atoms with van der Waals surface area (Å²) in [6, 6.07) is 15.4. The molecule has 2 aromatic carbocycles. The average Bonchev–Trinajstić information content (AvgIpc) is 2.96. The molecule has 4 N–H and O–H groups in total. The monoisotopic (exact) mass is 314 g/mol. The molecule has 3 rings (SSSR count). The Balaban J connectivity index is 1.94. The lowest BCUT2D eigenvalue weighted by atomic mass is 10.1. The number of nitrogens with zero attached hydrogens (tertiary/aromatic N) is 1. The molecule has 6 nitrogen and oxygen atoms in total. The number of nitrogens with one attached hydrogen (secondary N) is 2. The van der Waals surface area contributed by atoms with Gasteiger partial charge in [-0.3, -0.25) is 9.82 Å². The van der Waals surface area contributed by atoms with Crippen LogP contribution in [0.15, 0.2) is 65.7 Å². The summed E-state index contributed by atoms with van der Waals surface area (Å²) < 4.78 is 27.3. The first kappa shape index (κ1) is 14.2. The maximum Gasteiger partial charge on any atom is 0.262 e. The summed E-state index contributed by atoms with van der Waals surface area (Å²) in [5.41, 5.74) is 7.93. The van der Waals surface area contributed by atoms with Gasteiger partial charge in [0.15, 0.2) is 0 Å². The number of hydrogen-bond donors (Lipinski definition) is 3. The van der Waals surface area contributed by atoms with Crippen molar-refractivity contribution in [1.29, 1.82) is 0 Å². The van der Waals surface area contributed by atoms with Crippen LogP contribution in [0.25, 0.3) is 11.3 Å². The van der Waals surface area contributed by atoms with Crippen LogP contribution in [-0.4, -0.2) is 18.6 Å². The number of aromatic nitrogens is 2. The Labute approximate surface area is 128 Å². The minimum atomic E-state index is -3.70. The highest BCUT2D eigenvalue weighted by Crippen LogP contribution is 2.27. The Morgan fingerprint density at radius 2 is 1.68 bits per heavy atom. The fourth-order valence-corrected chi connectivity index (χ4v) is 3.10. The maximum atomic E-state index is 12.4. The summed E-state index contributed by atoms with van der Waals surface area (Å²) in [5.74, 6) is 0. The van der Waals surface area contributed by atoms with Crippen LogP contribution in [0.3, 0.4) is 0 Å². The Bertz CT molecular complexity index is 871. The number of benzene rings is 2. The van der Waals surface area contributed by atoms with Crippen molar-refractivity contribution in [3.63, 3.8) is 0 Å². The van der Waals surface area contributed by atoms with E-state index < -0.39 is 10.0 Å². The molecule has 1 heterocycles. The summed E-state index contributed by atoms with van der Waals surface area (Å²) in [5, 5.41) is 6.73. The number of H-pyrrole nitrogens is 1. The summed E-state index contributed by atoms with van der Waals surface area (Å²) in [4.78, 5) is 0.141. The Morgan fingerprint density at radius 3 is 2.36 bits per heavy atom. The number of aromatic amines is 1. The van der Waals surface area contributed by atoms with Crippen LogP contribution in [0, 0.1) is 0 Å². The van der Waals surface area contributed by atoms with Crippen LogP contribution in [0.4, 0.5) is 11.4 Å². The minimum Gasteiger partial charge on any atom is -0.399 e. The van der Waals surface area contributed by atoms with Gasteiger partial charge in [0, 0.05) is 11.3 Å². The molecule has 0 aliphatic rings. The first-order valence-electron chi connectivity index (χ1n) is 6.53. The van der Waals surface area contributed by atoms with Crippen LogP contribution in [0.2, 0.25) is 0 Å². The summed E-state index contributed by atoms with van der Waals surface area (Å²) in [6.07, 6.45) is 1.44. The van der Waals surface area contributed by atoms with Crippen molar-refractivity contribution in [3.05, 3.63) is 60.8 Å². The van der Waals surface area contributed by atoms with E-state index in [0.717, 1.165) is 5.56 Å².